The molecule has 0 aliphatic carbocycles. The first-order valence-corrected chi connectivity index (χ1v) is 7.56. The van der Waals surface area contributed by atoms with Crippen LogP contribution < -0.4 is 5.73 Å². The Morgan fingerprint density at radius 2 is 2.05 bits per heavy atom. The minimum absolute atomic E-state index is 0.337. The predicted octanol–water partition coefficient (Wildman–Crippen LogP) is 3.40. The Morgan fingerprint density at radius 1 is 1.41 bits per heavy atom. The van der Waals surface area contributed by atoms with Gasteiger partial charge in [-0.05, 0) is 28.8 Å². The van der Waals surface area contributed by atoms with E-state index in [0.29, 0.717) is 23.2 Å². The second-order valence-corrected chi connectivity index (χ2v) is 5.44. The lowest BCUT2D eigenvalue weighted by Gasteiger charge is -2.01. The van der Waals surface area contributed by atoms with Crippen LogP contribution in [-0.2, 0) is 11.2 Å². The second kappa shape index (κ2) is 15.3. The van der Waals surface area contributed by atoms with Crippen molar-refractivity contribution in [2.75, 3.05) is 12.8 Å². The van der Waals surface area contributed by atoms with Crippen molar-refractivity contribution in [2.24, 2.45) is 21.8 Å². The van der Waals surface area contributed by atoms with Gasteiger partial charge in [0.05, 0.1) is 0 Å². The van der Waals surface area contributed by atoms with Crippen molar-refractivity contribution in [3.05, 3.63) is 34.7 Å². The van der Waals surface area contributed by atoms with Crippen molar-refractivity contribution in [2.45, 2.75) is 20.3 Å². The van der Waals surface area contributed by atoms with Gasteiger partial charge >= 0.3 is 0 Å². The van der Waals surface area contributed by atoms with E-state index in [0.717, 1.165) is 17.6 Å². The summed E-state index contributed by atoms with van der Waals surface area (Å²) in [7, 11) is 1.71. The Bertz CT molecular complexity index is 485. The van der Waals surface area contributed by atoms with Crippen LogP contribution in [0.4, 0.5) is 5.69 Å². The molecule has 0 aromatic heterocycles. The summed E-state index contributed by atoms with van der Waals surface area (Å²) in [5.41, 5.74) is 6.62. The Hall–Kier alpha value is -2.13. The van der Waals surface area contributed by atoms with Crippen LogP contribution in [0.3, 0.4) is 0 Å². The Kier molecular flexibility index (Phi) is 15.4. The van der Waals surface area contributed by atoms with Gasteiger partial charge in [0.1, 0.15) is 12.0 Å². The van der Waals surface area contributed by atoms with Gasteiger partial charge < -0.3 is 10.5 Å². The van der Waals surface area contributed by atoms with Crippen LogP contribution in [0.15, 0.2) is 34.4 Å². The van der Waals surface area contributed by atoms with Gasteiger partial charge in [0, 0.05) is 19.2 Å². The highest BCUT2D eigenvalue weighted by Gasteiger charge is 1.95. The average Bonchev–Trinajstić information content (AvgIpc) is 2.55. The van der Waals surface area contributed by atoms with Crippen molar-refractivity contribution >= 4 is 28.9 Å². The Labute approximate surface area is 136 Å². The van der Waals surface area contributed by atoms with E-state index in [-0.39, 0.29) is 0 Å². The molecule has 0 atom stereocenters. The molecule has 0 saturated carbocycles. The van der Waals surface area contributed by atoms with Crippen molar-refractivity contribution in [3.8, 4) is 12.8 Å². The molecule has 0 amide bonds. The molecule has 120 valence electrons. The standard InChI is InChI=1S/C8H7NO2.C6H14N2S.C2H2/c10-5-4-7-2-1-3-8(6-7)9-11;1-5(2)4-9-6(7)8-3;1-2/h1-3,5-6H,4H2;5H,4H2,1-3H3,(H2,7,8);1-2H. The van der Waals surface area contributed by atoms with Crippen LogP contribution in [0.1, 0.15) is 19.4 Å². The first kappa shape index (κ1) is 22.2. The number of aldehydes is 1. The summed E-state index contributed by atoms with van der Waals surface area (Å²) < 4.78 is 0. The van der Waals surface area contributed by atoms with Crippen LogP contribution in [0.25, 0.3) is 0 Å². The topological polar surface area (TPSA) is 84.9 Å². The minimum Gasteiger partial charge on any atom is -0.379 e. The quantitative estimate of drug-likeness (QED) is 0.296. The molecule has 0 fully saturated rings. The molecule has 6 heteroatoms. The molecule has 0 bridgehead atoms. The number of hydrogen-bond acceptors (Lipinski definition) is 5. The molecule has 0 spiro atoms. The van der Waals surface area contributed by atoms with Crippen LogP contribution in [0.5, 0.6) is 0 Å². The number of nitroso groups, excluding NO2 is 1. The minimum atomic E-state index is 0.337. The fourth-order valence-electron chi connectivity index (χ4n) is 1.15. The molecule has 1 rings (SSSR count). The molecule has 0 unspecified atom stereocenters. The number of carbonyl (C=O) groups is 1. The lowest BCUT2D eigenvalue weighted by atomic mass is 10.1. The zero-order chi connectivity index (χ0) is 17.4. The van der Waals surface area contributed by atoms with Gasteiger partial charge in [-0.15, -0.1) is 17.8 Å². The maximum atomic E-state index is 10.1. The number of carbonyl (C=O) groups excluding carboxylic acids is 1. The molecule has 1 aromatic carbocycles. The van der Waals surface area contributed by atoms with Crippen LogP contribution in [0.2, 0.25) is 0 Å². The molecule has 0 saturated heterocycles. The maximum Gasteiger partial charge on any atom is 0.153 e. The van der Waals surface area contributed by atoms with Gasteiger partial charge in [-0.3, -0.25) is 4.99 Å². The van der Waals surface area contributed by atoms with Gasteiger partial charge in [-0.25, -0.2) is 0 Å². The third kappa shape index (κ3) is 12.9. The van der Waals surface area contributed by atoms with Crippen LogP contribution >= 0.6 is 11.8 Å². The number of amidine groups is 1. The van der Waals surface area contributed by atoms with Crippen molar-refractivity contribution in [3.63, 3.8) is 0 Å². The third-order valence-electron chi connectivity index (χ3n) is 2.12. The van der Waals surface area contributed by atoms with Crippen LogP contribution in [-0.4, -0.2) is 24.3 Å². The third-order valence-corrected chi connectivity index (χ3v) is 3.43. The highest BCUT2D eigenvalue weighted by Crippen LogP contribution is 2.12. The molecule has 0 aliphatic rings. The molecule has 5 nitrogen and oxygen atoms in total. The summed E-state index contributed by atoms with van der Waals surface area (Å²) in [6.45, 7) is 4.33. The molecule has 0 aliphatic heterocycles. The number of benzene rings is 1. The zero-order valence-electron chi connectivity index (χ0n) is 13.2. The summed E-state index contributed by atoms with van der Waals surface area (Å²) in [5.74, 6) is 1.75. The maximum absolute atomic E-state index is 10.1. The van der Waals surface area contributed by atoms with Crippen molar-refractivity contribution in [1.82, 2.24) is 0 Å². The smallest absolute Gasteiger partial charge is 0.153 e. The van der Waals surface area contributed by atoms with E-state index in [1.54, 1.807) is 43.1 Å². The molecule has 0 radical (unpaired) electrons. The SMILES string of the molecule is C#C.CN=C(N)SCC(C)C.O=CCc1cccc(N=O)c1. The first-order chi connectivity index (χ1) is 10.5. The number of hydrogen-bond donors (Lipinski definition) is 1. The number of nitrogens with zero attached hydrogens (tertiary/aromatic N) is 2. The number of aliphatic imine (C=N–C) groups is 1. The number of rotatable bonds is 5. The lowest BCUT2D eigenvalue weighted by Crippen LogP contribution is -2.08. The molecular weight excluding hydrogens is 298 g/mol. The van der Waals surface area contributed by atoms with Gasteiger partial charge in [0.25, 0.3) is 0 Å². The van der Waals surface area contributed by atoms with E-state index in [4.69, 9.17) is 5.73 Å². The fourth-order valence-corrected chi connectivity index (χ4v) is 1.79. The van der Waals surface area contributed by atoms with Gasteiger partial charge in [-0.1, -0.05) is 37.7 Å². The number of nitrogens with two attached hydrogens (primary N) is 1. The van der Waals surface area contributed by atoms with Crippen molar-refractivity contribution in [1.29, 1.82) is 0 Å². The summed E-state index contributed by atoms with van der Waals surface area (Å²) in [6.07, 6.45) is 9.13. The highest BCUT2D eigenvalue weighted by atomic mass is 32.2. The lowest BCUT2D eigenvalue weighted by molar-refractivity contribution is -0.107. The van der Waals surface area contributed by atoms with Crippen molar-refractivity contribution < 1.29 is 4.79 Å². The summed E-state index contributed by atoms with van der Waals surface area (Å²) in [5, 5.41) is 3.43. The summed E-state index contributed by atoms with van der Waals surface area (Å²) in [4.78, 5) is 23.9. The monoisotopic (exact) mass is 321 g/mol. The van der Waals surface area contributed by atoms with Crippen LogP contribution in [0, 0.1) is 23.7 Å². The van der Waals surface area contributed by atoms with E-state index < -0.39 is 0 Å². The molecule has 0 heterocycles. The number of terminal acetylenes is 1. The second-order valence-electron chi connectivity index (χ2n) is 4.40. The Morgan fingerprint density at radius 3 is 2.50 bits per heavy atom. The van der Waals surface area contributed by atoms with Gasteiger partial charge in [0.2, 0.25) is 0 Å². The Balaban J connectivity index is 0. The van der Waals surface area contributed by atoms with E-state index in [1.807, 2.05) is 0 Å². The van der Waals surface area contributed by atoms with Gasteiger partial charge in [-0.2, -0.15) is 0 Å². The normalized spacial score (nSPS) is 9.82. The molecular formula is C16H23N3O2S. The predicted molar refractivity (Wildman–Crippen MR) is 96.4 cm³/mol. The average molecular weight is 321 g/mol. The van der Waals surface area contributed by atoms with E-state index in [2.05, 4.69) is 36.9 Å². The van der Waals surface area contributed by atoms with E-state index >= 15 is 0 Å². The summed E-state index contributed by atoms with van der Waals surface area (Å²) in [6, 6.07) is 6.68. The van der Waals surface area contributed by atoms with E-state index in [9.17, 15) is 9.70 Å². The van der Waals surface area contributed by atoms with Gasteiger partial charge in [0.15, 0.2) is 5.17 Å². The first-order valence-electron chi connectivity index (χ1n) is 6.57. The fraction of sp³-hybridized carbons (Fsp3) is 0.375. The highest BCUT2D eigenvalue weighted by molar-refractivity contribution is 8.13. The largest absolute Gasteiger partial charge is 0.379 e. The molecule has 22 heavy (non-hydrogen) atoms. The summed E-state index contributed by atoms with van der Waals surface area (Å²) >= 11 is 1.61. The molecule has 1 aromatic rings. The number of thioether (sulfide) groups is 1. The van der Waals surface area contributed by atoms with E-state index in [1.165, 1.54) is 0 Å². The zero-order valence-corrected chi connectivity index (χ0v) is 14.0. The molecule has 2 N–H and O–H groups in total.